The van der Waals surface area contributed by atoms with Crippen LogP contribution in [0.25, 0.3) is 0 Å². The first-order valence-corrected chi connectivity index (χ1v) is 11.8. The van der Waals surface area contributed by atoms with E-state index in [2.05, 4.69) is 49.5 Å². The number of carbonyl (C=O) groups is 1. The van der Waals surface area contributed by atoms with Crippen LogP contribution in [0.5, 0.6) is 0 Å². The van der Waals surface area contributed by atoms with Crippen molar-refractivity contribution in [2.24, 2.45) is 0 Å². The van der Waals surface area contributed by atoms with Gasteiger partial charge in [0.2, 0.25) is 11.0 Å². The van der Waals surface area contributed by atoms with Crippen LogP contribution in [0.4, 0.5) is 10.9 Å². The van der Waals surface area contributed by atoms with Crippen LogP contribution >= 0.6 is 11.3 Å². The largest absolute Gasteiger partial charge is 0.368 e. The molecule has 1 amide bonds. The Morgan fingerprint density at radius 3 is 2.52 bits per heavy atom. The highest BCUT2D eigenvalue weighted by molar-refractivity contribution is 7.15. The van der Waals surface area contributed by atoms with Crippen molar-refractivity contribution in [3.8, 4) is 0 Å². The minimum atomic E-state index is -0.0859. The van der Waals surface area contributed by atoms with Crippen molar-refractivity contribution in [3.63, 3.8) is 0 Å². The first-order valence-electron chi connectivity index (χ1n) is 11.0. The number of carbonyl (C=O) groups excluding carboxylic acids is 1. The van der Waals surface area contributed by atoms with E-state index in [1.165, 1.54) is 11.3 Å². The number of unbranched alkanes of at least 4 members (excludes halogenated alkanes) is 1. The number of allylic oxidation sites excluding steroid dienone is 2. The first kappa shape index (κ1) is 25.9. The third kappa shape index (κ3) is 9.78. The van der Waals surface area contributed by atoms with Crippen molar-refractivity contribution >= 4 is 28.2 Å². The topological polar surface area (TPSA) is 105 Å². The molecule has 0 bridgehead atoms. The predicted molar refractivity (Wildman–Crippen MR) is 136 cm³/mol. The van der Waals surface area contributed by atoms with Gasteiger partial charge < -0.3 is 16.0 Å². The van der Waals surface area contributed by atoms with Gasteiger partial charge in [-0.25, -0.2) is 0 Å². The van der Waals surface area contributed by atoms with Crippen molar-refractivity contribution < 1.29 is 4.79 Å². The van der Waals surface area contributed by atoms with Crippen LogP contribution in [-0.2, 0) is 17.6 Å². The van der Waals surface area contributed by atoms with Crippen molar-refractivity contribution in [1.29, 1.82) is 0 Å². The van der Waals surface area contributed by atoms with Gasteiger partial charge in [-0.15, -0.1) is 15.3 Å². The molecule has 2 aromatic rings. The summed E-state index contributed by atoms with van der Waals surface area (Å²) in [6, 6.07) is 3.70. The molecule has 0 saturated carbocycles. The molecule has 0 aromatic carbocycles. The van der Waals surface area contributed by atoms with Gasteiger partial charge >= 0.3 is 0 Å². The second kappa shape index (κ2) is 13.9. The van der Waals surface area contributed by atoms with E-state index in [0.29, 0.717) is 24.6 Å². The summed E-state index contributed by atoms with van der Waals surface area (Å²) in [6.07, 6.45) is 9.71. The molecule has 3 N–H and O–H groups in total. The Morgan fingerprint density at radius 1 is 1.06 bits per heavy atom. The Labute approximate surface area is 200 Å². The van der Waals surface area contributed by atoms with Gasteiger partial charge in [0.05, 0.1) is 11.5 Å². The van der Waals surface area contributed by atoms with Gasteiger partial charge in [0.15, 0.2) is 5.82 Å². The summed E-state index contributed by atoms with van der Waals surface area (Å²) >= 11 is 1.53. The van der Waals surface area contributed by atoms with Crippen molar-refractivity contribution in [2.45, 2.75) is 52.9 Å². The Bertz CT molecular complexity index is 992. The maximum Gasteiger partial charge on any atom is 0.229 e. The van der Waals surface area contributed by atoms with E-state index in [1.54, 1.807) is 6.07 Å². The van der Waals surface area contributed by atoms with Crippen molar-refractivity contribution in [2.75, 3.05) is 17.2 Å². The molecule has 33 heavy (non-hydrogen) atoms. The van der Waals surface area contributed by atoms with E-state index in [1.807, 2.05) is 45.1 Å². The van der Waals surface area contributed by atoms with E-state index in [9.17, 15) is 4.79 Å². The average Bonchev–Trinajstić information content (AvgIpc) is 3.25. The number of hydrogen-bond acceptors (Lipinski definition) is 8. The summed E-state index contributed by atoms with van der Waals surface area (Å²) in [7, 11) is 0. The maximum absolute atomic E-state index is 11.9. The summed E-state index contributed by atoms with van der Waals surface area (Å²) in [4.78, 5) is 11.9. The van der Waals surface area contributed by atoms with E-state index >= 15 is 0 Å². The number of amides is 1. The zero-order valence-electron chi connectivity index (χ0n) is 19.6. The van der Waals surface area contributed by atoms with E-state index < -0.39 is 0 Å². The first-order chi connectivity index (χ1) is 15.9. The molecule has 2 heterocycles. The Balaban J connectivity index is 1.69. The van der Waals surface area contributed by atoms with Gasteiger partial charge in [-0.1, -0.05) is 48.3 Å². The van der Waals surface area contributed by atoms with Crippen molar-refractivity contribution in [3.05, 3.63) is 71.2 Å². The molecule has 0 spiro atoms. The van der Waals surface area contributed by atoms with Gasteiger partial charge in [0.25, 0.3) is 0 Å². The summed E-state index contributed by atoms with van der Waals surface area (Å²) in [5, 5.41) is 27.5. The van der Waals surface area contributed by atoms with E-state index in [0.717, 1.165) is 52.7 Å². The lowest BCUT2D eigenvalue weighted by molar-refractivity contribution is -0.115. The molecule has 2 rings (SSSR count). The third-order valence-corrected chi connectivity index (χ3v) is 5.76. The molecule has 0 aliphatic carbocycles. The molecule has 0 aliphatic rings. The molecule has 0 saturated heterocycles. The highest BCUT2D eigenvalue weighted by atomic mass is 32.1. The number of hydrogen-bond donors (Lipinski definition) is 3. The summed E-state index contributed by atoms with van der Waals surface area (Å²) in [5.74, 6) is 1.07. The summed E-state index contributed by atoms with van der Waals surface area (Å²) in [6.45, 7) is 14.2. The van der Waals surface area contributed by atoms with Crippen LogP contribution in [-0.4, -0.2) is 32.8 Å². The molecular weight excluding hydrogens is 434 g/mol. The smallest absolute Gasteiger partial charge is 0.229 e. The predicted octanol–water partition coefficient (Wildman–Crippen LogP) is 4.79. The van der Waals surface area contributed by atoms with Crippen LogP contribution in [0.3, 0.4) is 0 Å². The van der Waals surface area contributed by atoms with Gasteiger partial charge in [0, 0.05) is 19.4 Å². The maximum atomic E-state index is 11.9. The molecule has 9 heteroatoms. The van der Waals surface area contributed by atoms with Gasteiger partial charge in [-0.3, -0.25) is 4.79 Å². The molecule has 0 radical (unpaired) electrons. The molecule has 0 aliphatic heterocycles. The highest BCUT2D eigenvalue weighted by Gasteiger charge is 2.07. The SMILES string of the molecule is C=C/C(=C\C)CNC(=C)Nc1nnc(CCCCc2ccc(NC(=O)C/C(C)=C/C)nn2)s1. The van der Waals surface area contributed by atoms with Crippen molar-refractivity contribution in [1.82, 2.24) is 25.7 Å². The number of aryl methyl sites for hydroxylation is 2. The standard InChI is InChI=1S/C24H33N7OS/c1-6-17(4)15-22(32)27-21-14-13-20(28-29-21)11-9-10-12-23-30-31-24(33-23)26-18(5)25-16-19(7-2)8-3/h6-8,13-14,25H,2,5,9-12,15-16H2,1,3-4H3,(H,26,31)(H,27,29,32)/b17-6+,19-8+. The molecule has 8 nitrogen and oxygen atoms in total. The third-order valence-electron chi connectivity index (χ3n) is 4.86. The molecule has 0 fully saturated rings. The second-order valence-electron chi connectivity index (χ2n) is 7.50. The summed E-state index contributed by atoms with van der Waals surface area (Å²) < 4.78 is 0. The van der Waals surface area contributed by atoms with Crippen LogP contribution in [0, 0.1) is 0 Å². The lowest BCUT2D eigenvalue weighted by Crippen LogP contribution is -2.20. The fourth-order valence-electron chi connectivity index (χ4n) is 2.76. The Kier molecular flexibility index (Phi) is 11.0. The number of anilines is 2. The number of nitrogens with zero attached hydrogens (tertiary/aromatic N) is 4. The van der Waals surface area contributed by atoms with E-state index in [4.69, 9.17) is 0 Å². The fourth-order valence-corrected chi connectivity index (χ4v) is 3.57. The molecule has 176 valence electrons. The quantitative estimate of drug-likeness (QED) is 0.208. The lowest BCUT2D eigenvalue weighted by Gasteiger charge is -2.09. The Hall–Kier alpha value is -3.33. The van der Waals surface area contributed by atoms with Crippen LogP contribution < -0.4 is 16.0 Å². The normalized spacial score (nSPS) is 11.7. The lowest BCUT2D eigenvalue weighted by atomic mass is 10.1. The molecule has 2 aromatic heterocycles. The molecular formula is C24H33N7OS. The second-order valence-corrected chi connectivity index (χ2v) is 8.56. The average molecular weight is 468 g/mol. The fraction of sp³-hybridized carbons (Fsp3) is 0.375. The zero-order chi connectivity index (χ0) is 24.1. The molecule has 0 atom stereocenters. The van der Waals surface area contributed by atoms with Gasteiger partial charge in [-0.05, 0) is 57.7 Å². The van der Waals surface area contributed by atoms with Gasteiger partial charge in [-0.2, -0.15) is 5.10 Å². The number of nitrogens with one attached hydrogen (secondary N) is 3. The van der Waals surface area contributed by atoms with Gasteiger partial charge in [0.1, 0.15) is 5.01 Å². The molecule has 0 unspecified atom stereocenters. The zero-order valence-corrected chi connectivity index (χ0v) is 20.5. The number of rotatable bonds is 14. The van der Waals surface area contributed by atoms with Crippen LogP contribution in [0.2, 0.25) is 0 Å². The monoisotopic (exact) mass is 467 g/mol. The number of aromatic nitrogens is 4. The van der Waals surface area contributed by atoms with Crippen LogP contribution in [0.15, 0.2) is 60.5 Å². The summed E-state index contributed by atoms with van der Waals surface area (Å²) in [5.41, 5.74) is 3.02. The highest BCUT2D eigenvalue weighted by Crippen LogP contribution is 2.18. The Morgan fingerprint density at radius 2 is 1.85 bits per heavy atom. The minimum absolute atomic E-state index is 0.0859. The van der Waals surface area contributed by atoms with E-state index in [-0.39, 0.29) is 5.91 Å². The minimum Gasteiger partial charge on any atom is -0.368 e. The van der Waals surface area contributed by atoms with Crippen LogP contribution in [0.1, 0.15) is 50.7 Å².